The highest BCUT2D eigenvalue weighted by Crippen LogP contribution is 2.21. The second-order valence-electron chi connectivity index (χ2n) is 4.45. The van der Waals surface area contributed by atoms with Crippen LogP contribution in [-0.2, 0) is 16.1 Å². The highest BCUT2D eigenvalue weighted by Gasteiger charge is 2.39. The number of aromatic nitrogens is 1. The van der Waals surface area contributed by atoms with Crippen LogP contribution in [0.2, 0.25) is 0 Å². The van der Waals surface area contributed by atoms with Gasteiger partial charge in [0.15, 0.2) is 0 Å². The maximum absolute atomic E-state index is 11.9. The molecular formula is C11H15N3O2S. The Morgan fingerprint density at radius 2 is 2.53 bits per heavy atom. The summed E-state index contributed by atoms with van der Waals surface area (Å²) < 4.78 is 5.52. The van der Waals surface area contributed by atoms with Crippen LogP contribution in [0.3, 0.4) is 0 Å². The van der Waals surface area contributed by atoms with Crippen LogP contribution < -0.4 is 5.32 Å². The zero-order valence-electron chi connectivity index (χ0n) is 9.68. The molecule has 1 N–H and O–H groups in total. The number of morpholine rings is 1. The molecular weight excluding hydrogens is 238 g/mol. The molecule has 5 nitrogen and oxygen atoms in total. The van der Waals surface area contributed by atoms with Gasteiger partial charge in [-0.05, 0) is 6.92 Å². The van der Waals surface area contributed by atoms with Gasteiger partial charge in [0, 0.05) is 18.5 Å². The van der Waals surface area contributed by atoms with Crippen LogP contribution >= 0.6 is 11.3 Å². The Kier molecular flexibility index (Phi) is 2.85. The molecule has 92 valence electrons. The third kappa shape index (κ3) is 2.08. The van der Waals surface area contributed by atoms with Crippen LogP contribution in [0.4, 0.5) is 0 Å². The lowest BCUT2D eigenvalue weighted by Crippen LogP contribution is -2.53. The Bertz CT molecular complexity index is 434. The van der Waals surface area contributed by atoms with E-state index in [4.69, 9.17) is 4.74 Å². The molecule has 0 saturated carbocycles. The molecule has 2 fully saturated rings. The quantitative estimate of drug-likeness (QED) is 0.815. The van der Waals surface area contributed by atoms with E-state index in [2.05, 4.69) is 10.3 Å². The maximum atomic E-state index is 11.9. The highest BCUT2D eigenvalue weighted by molar-refractivity contribution is 7.09. The van der Waals surface area contributed by atoms with Gasteiger partial charge in [-0.1, -0.05) is 0 Å². The Balaban J connectivity index is 1.77. The summed E-state index contributed by atoms with van der Waals surface area (Å²) in [5, 5.41) is 6.34. The van der Waals surface area contributed by atoms with Crippen molar-refractivity contribution in [3.63, 3.8) is 0 Å². The van der Waals surface area contributed by atoms with E-state index in [1.165, 1.54) is 0 Å². The molecule has 0 spiro atoms. The first-order valence-electron chi connectivity index (χ1n) is 5.77. The summed E-state index contributed by atoms with van der Waals surface area (Å²) in [6, 6.07) is 0.165. The van der Waals surface area contributed by atoms with Crippen molar-refractivity contribution in [1.82, 2.24) is 15.2 Å². The molecule has 2 aliphatic heterocycles. The molecule has 2 atom stereocenters. The number of hydrogen-bond donors (Lipinski definition) is 1. The minimum absolute atomic E-state index is 0.0700. The van der Waals surface area contributed by atoms with Crippen molar-refractivity contribution in [2.24, 2.45) is 0 Å². The zero-order chi connectivity index (χ0) is 11.8. The molecule has 0 radical (unpaired) electrons. The average Bonchev–Trinajstić information content (AvgIpc) is 2.91. The lowest BCUT2D eigenvalue weighted by atomic mass is 10.1. The fourth-order valence-electron chi connectivity index (χ4n) is 2.43. The van der Waals surface area contributed by atoms with Gasteiger partial charge in [-0.25, -0.2) is 4.98 Å². The van der Waals surface area contributed by atoms with Crippen LogP contribution in [-0.4, -0.2) is 47.6 Å². The van der Waals surface area contributed by atoms with Crippen molar-refractivity contribution in [3.05, 3.63) is 16.1 Å². The average molecular weight is 253 g/mol. The molecule has 0 bridgehead atoms. The van der Waals surface area contributed by atoms with Gasteiger partial charge in [0.1, 0.15) is 6.61 Å². The molecule has 1 amide bonds. The van der Waals surface area contributed by atoms with Gasteiger partial charge in [0.25, 0.3) is 0 Å². The lowest BCUT2D eigenvalue weighted by Gasteiger charge is -2.36. The molecule has 2 aliphatic rings. The van der Waals surface area contributed by atoms with Crippen LogP contribution in [0.5, 0.6) is 0 Å². The van der Waals surface area contributed by atoms with Gasteiger partial charge in [0.2, 0.25) is 5.91 Å². The fourth-order valence-corrected chi connectivity index (χ4v) is 3.03. The first kappa shape index (κ1) is 11.1. The second kappa shape index (κ2) is 4.36. The van der Waals surface area contributed by atoms with Crippen LogP contribution in [0.1, 0.15) is 10.7 Å². The number of ether oxygens (including phenoxy) is 1. The molecule has 0 aliphatic carbocycles. The lowest BCUT2D eigenvalue weighted by molar-refractivity contribution is -0.154. The Morgan fingerprint density at radius 1 is 1.65 bits per heavy atom. The summed E-state index contributed by atoms with van der Waals surface area (Å²) in [6.45, 7) is 4.45. The summed E-state index contributed by atoms with van der Waals surface area (Å²) in [4.78, 5) is 18.2. The van der Waals surface area contributed by atoms with Gasteiger partial charge in [-0.2, -0.15) is 0 Å². The molecule has 6 heteroatoms. The molecule has 1 aromatic heterocycles. The minimum Gasteiger partial charge on any atom is -0.365 e. The summed E-state index contributed by atoms with van der Waals surface area (Å²) >= 11 is 1.62. The first-order chi connectivity index (χ1) is 8.24. The summed E-state index contributed by atoms with van der Waals surface area (Å²) in [5.41, 5.74) is 0.980. The SMILES string of the molecule is Cc1nc(CN2C(=O)CO[C@@H]3CNC[C@H]32)cs1. The number of fused-ring (bicyclic) bond motifs is 1. The molecule has 2 saturated heterocycles. The summed E-state index contributed by atoms with van der Waals surface area (Å²) in [5.74, 6) is 0.0700. The number of rotatable bonds is 2. The van der Waals surface area contributed by atoms with Gasteiger partial charge in [0.05, 0.1) is 29.4 Å². The molecule has 0 unspecified atom stereocenters. The van der Waals surface area contributed by atoms with E-state index in [-0.39, 0.29) is 24.7 Å². The zero-order valence-corrected chi connectivity index (χ0v) is 10.5. The smallest absolute Gasteiger partial charge is 0.249 e. The van der Waals surface area contributed by atoms with Crippen molar-refractivity contribution in [3.8, 4) is 0 Å². The number of carbonyl (C=O) groups excluding carboxylic acids is 1. The third-order valence-electron chi connectivity index (χ3n) is 3.27. The van der Waals surface area contributed by atoms with E-state index < -0.39 is 0 Å². The van der Waals surface area contributed by atoms with E-state index in [1.54, 1.807) is 11.3 Å². The van der Waals surface area contributed by atoms with Crippen molar-refractivity contribution in [2.75, 3.05) is 19.7 Å². The van der Waals surface area contributed by atoms with Gasteiger partial charge in [-0.3, -0.25) is 4.79 Å². The Labute approximate surface area is 104 Å². The van der Waals surface area contributed by atoms with Crippen molar-refractivity contribution in [1.29, 1.82) is 0 Å². The molecule has 0 aromatic carbocycles. The number of thiazole rings is 1. The third-order valence-corrected chi connectivity index (χ3v) is 4.09. The molecule has 3 heterocycles. The largest absolute Gasteiger partial charge is 0.365 e. The topological polar surface area (TPSA) is 54.5 Å². The monoisotopic (exact) mass is 253 g/mol. The second-order valence-corrected chi connectivity index (χ2v) is 5.52. The van der Waals surface area contributed by atoms with E-state index in [1.807, 2.05) is 17.2 Å². The molecule has 3 rings (SSSR count). The van der Waals surface area contributed by atoms with Crippen LogP contribution in [0.15, 0.2) is 5.38 Å². The van der Waals surface area contributed by atoms with E-state index in [9.17, 15) is 4.79 Å². The Morgan fingerprint density at radius 3 is 3.29 bits per heavy atom. The van der Waals surface area contributed by atoms with Crippen molar-refractivity contribution < 1.29 is 9.53 Å². The summed E-state index contributed by atoms with van der Waals surface area (Å²) in [7, 11) is 0. The number of aryl methyl sites for hydroxylation is 1. The number of nitrogens with one attached hydrogen (secondary N) is 1. The van der Waals surface area contributed by atoms with Crippen LogP contribution in [0, 0.1) is 6.92 Å². The van der Waals surface area contributed by atoms with E-state index in [0.29, 0.717) is 6.54 Å². The predicted molar refractivity (Wildman–Crippen MR) is 63.8 cm³/mol. The minimum atomic E-state index is 0.0700. The van der Waals surface area contributed by atoms with Gasteiger partial charge < -0.3 is 15.0 Å². The van der Waals surface area contributed by atoms with Crippen molar-refractivity contribution >= 4 is 17.2 Å². The van der Waals surface area contributed by atoms with Crippen LogP contribution in [0.25, 0.3) is 0 Å². The number of amides is 1. The molecule has 1 aromatic rings. The first-order valence-corrected chi connectivity index (χ1v) is 6.65. The van der Waals surface area contributed by atoms with Crippen molar-refractivity contribution in [2.45, 2.75) is 25.6 Å². The normalized spacial score (nSPS) is 28.5. The van der Waals surface area contributed by atoms with Gasteiger partial charge in [-0.15, -0.1) is 11.3 Å². The maximum Gasteiger partial charge on any atom is 0.249 e. The number of nitrogens with zero attached hydrogens (tertiary/aromatic N) is 2. The predicted octanol–water partition coefficient (Wildman–Crippen LogP) is 0.151. The summed E-state index contributed by atoms with van der Waals surface area (Å²) in [6.07, 6.45) is 0.146. The number of carbonyl (C=O) groups is 1. The van der Waals surface area contributed by atoms with E-state index in [0.717, 1.165) is 23.8 Å². The fraction of sp³-hybridized carbons (Fsp3) is 0.636. The molecule has 17 heavy (non-hydrogen) atoms. The standard InChI is InChI=1S/C11H15N3O2S/c1-7-13-8(6-17-7)4-14-9-2-12-3-10(9)16-5-11(14)15/h6,9-10,12H,2-5H2,1H3/t9-,10-/m1/s1. The van der Waals surface area contributed by atoms with Gasteiger partial charge >= 0.3 is 0 Å². The highest BCUT2D eigenvalue weighted by atomic mass is 32.1. The Hall–Kier alpha value is -0.980. The number of hydrogen-bond acceptors (Lipinski definition) is 5. The van der Waals surface area contributed by atoms with E-state index >= 15 is 0 Å².